The van der Waals surface area contributed by atoms with E-state index in [0.29, 0.717) is 0 Å². The number of hydrogen-bond donors (Lipinski definition) is 1. The van der Waals surface area contributed by atoms with Gasteiger partial charge in [0.1, 0.15) is 6.20 Å². The summed E-state index contributed by atoms with van der Waals surface area (Å²) in [6.07, 6.45) is 4.50. The van der Waals surface area contributed by atoms with Crippen LogP contribution >= 0.6 is 11.3 Å². The molecule has 0 amide bonds. The zero-order valence-corrected chi connectivity index (χ0v) is 5.74. The Labute approximate surface area is 58.2 Å². The maximum absolute atomic E-state index is 3.89. The maximum Gasteiger partial charge on any atom is 0.183 e. The normalized spacial score (nSPS) is 8.89. The molecule has 1 rings (SSSR count). The van der Waals surface area contributed by atoms with Crippen LogP contribution in [0, 0.1) is 6.20 Å². The summed E-state index contributed by atoms with van der Waals surface area (Å²) < 4.78 is 0. The van der Waals surface area contributed by atoms with Crippen LogP contribution < -0.4 is 5.32 Å². The molecule has 0 fully saturated rings. The molecule has 0 unspecified atom stereocenters. The van der Waals surface area contributed by atoms with Gasteiger partial charge in [0, 0.05) is 11.9 Å². The van der Waals surface area contributed by atoms with Crippen LogP contribution in [0.15, 0.2) is 18.0 Å². The Morgan fingerprint density at radius 2 is 2.89 bits per heavy atom. The van der Waals surface area contributed by atoms with Crippen LogP contribution in [0.5, 0.6) is 0 Å². The molecule has 1 radical (unpaired) electrons. The van der Waals surface area contributed by atoms with Gasteiger partial charge in [0.25, 0.3) is 0 Å². The maximum atomic E-state index is 3.89. The summed E-state index contributed by atoms with van der Waals surface area (Å²) in [5, 5.41) is 5.74. The molecule has 0 bridgehead atoms. The van der Waals surface area contributed by atoms with Gasteiger partial charge >= 0.3 is 0 Å². The molecular weight excluding hydrogens is 132 g/mol. The minimum absolute atomic E-state index is 0.765. The van der Waals surface area contributed by atoms with Gasteiger partial charge in [-0.1, -0.05) is 6.08 Å². The van der Waals surface area contributed by atoms with E-state index in [9.17, 15) is 0 Å². The smallest absolute Gasteiger partial charge is 0.183 e. The van der Waals surface area contributed by atoms with Crippen molar-refractivity contribution in [3.63, 3.8) is 0 Å². The quantitative estimate of drug-likeness (QED) is 0.642. The van der Waals surface area contributed by atoms with Crippen LogP contribution in [0.4, 0.5) is 5.13 Å². The highest BCUT2D eigenvalue weighted by Gasteiger charge is 1.87. The predicted octanol–water partition coefficient (Wildman–Crippen LogP) is 1.54. The number of anilines is 1. The van der Waals surface area contributed by atoms with Crippen molar-refractivity contribution in [3.8, 4) is 0 Å². The van der Waals surface area contributed by atoms with E-state index in [1.54, 1.807) is 6.08 Å². The van der Waals surface area contributed by atoms with Gasteiger partial charge in [-0.2, -0.15) is 0 Å². The number of nitrogens with zero attached hydrogens (tertiary/aromatic N) is 1. The lowest BCUT2D eigenvalue weighted by Crippen LogP contribution is -1.95. The highest BCUT2D eigenvalue weighted by atomic mass is 32.1. The van der Waals surface area contributed by atoms with Gasteiger partial charge in [0.05, 0.1) is 0 Å². The van der Waals surface area contributed by atoms with E-state index >= 15 is 0 Å². The molecule has 1 N–H and O–H groups in total. The van der Waals surface area contributed by atoms with E-state index in [1.807, 2.05) is 5.38 Å². The van der Waals surface area contributed by atoms with E-state index < -0.39 is 0 Å². The zero-order chi connectivity index (χ0) is 6.53. The summed E-state index contributed by atoms with van der Waals surface area (Å²) in [5.74, 6) is 0. The van der Waals surface area contributed by atoms with Crippen molar-refractivity contribution >= 4 is 16.5 Å². The molecule has 0 atom stereocenters. The molecule has 9 heavy (non-hydrogen) atoms. The first-order chi connectivity index (χ1) is 4.43. The van der Waals surface area contributed by atoms with Gasteiger partial charge in [0.2, 0.25) is 0 Å². The first kappa shape index (κ1) is 6.29. The molecule has 0 aliphatic rings. The zero-order valence-electron chi connectivity index (χ0n) is 4.92. The van der Waals surface area contributed by atoms with Crippen LogP contribution in [0.2, 0.25) is 0 Å². The van der Waals surface area contributed by atoms with Gasteiger partial charge in [-0.25, -0.2) is 4.98 Å². The van der Waals surface area contributed by atoms with Crippen molar-refractivity contribution in [2.24, 2.45) is 0 Å². The fraction of sp³-hybridized carbons (Fsp3) is 0.167. The monoisotopic (exact) mass is 139 g/mol. The third kappa shape index (κ3) is 1.85. The second kappa shape index (κ2) is 3.25. The standard InChI is InChI=1S/C6H7N2S/c1-2-3-7-6-8-4-5-9-6/h2,5H,1,3H2,(H,7,8). The Morgan fingerprint density at radius 1 is 2.00 bits per heavy atom. The average molecular weight is 139 g/mol. The summed E-state index contributed by atoms with van der Waals surface area (Å²) >= 11 is 1.54. The van der Waals surface area contributed by atoms with Crippen molar-refractivity contribution in [2.75, 3.05) is 11.9 Å². The van der Waals surface area contributed by atoms with Crippen molar-refractivity contribution < 1.29 is 0 Å². The van der Waals surface area contributed by atoms with Crippen LogP contribution in [-0.4, -0.2) is 11.5 Å². The molecule has 47 valence electrons. The highest BCUT2D eigenvalue weighted by molar-refractivity contribution is 7.13. The molecular formula is C6H7N2S. The van der Waals surface area contributed by atoms with Gasteiger partial charge in [0.15, 0.2) is 5.13 Å². The van der Waals surface area contributed by atoms with Crippen LogP contribution in [0.25, 0.3) is 0 Å². The third-order valence-corrected chi connectivity index (χ3v) is 1.47. The van der Waals surface area contributed by atoms with Crippen molar-refractivity contribution in [1.29, 1.82) is 0 Å². The lowest BCUT2D eigenvalue weighted by Gasteiger charge is -1.92. The molecule has 3 heteroatoms. The van der Waals surface area contributed by atoms with E-state index in [-0.39, 0.29) is 0 Å². The van der Waals surface area contributed by atoms with Gasteiger partial charge in [-0.3, -0.25) is 0 Å². The summed E-state index contributed by atoms with van der Waals surface area (Å²) in [4.78, 5) is 3.89. The van der Waals surface area contributed by atoms with E-state index in [0.717, 1.165) is 11.7 Å². The van der Waals surface area contributed by atoms with Gasteiger partial charge < -0.3 is 5.32 Å². The Morgan fingerprint density at radius 3 is 3.44 bits per heavy atom. The minimum atomic E-state index is 0.765. The SMILES string of the molecule is C=CCNc1n[c]cs1. The van der Waals surface area contributed by atoms with Crippen LogP contribution in [-0.2, 0) is 0 Å². The van der Waals surface area contributed by atoms with Crippen LogP contribution in [0.1, 0.15) is 0 Å². The van der Waals surface area contributed by atoms with Crippen molar-refractivity contribution in [2.45, 2.75) is 0 Å². The Hall–Kier alpha value is -0.830. The van der Waals surface area contributed by atoms with Gasteiger partial charge in [-0.05, 0) is 0 Å². The predicted molar refractivity (Wildman–Crippen MR) is 39.6 cm³/mol. The second-order valence-corrected chi connectivity index (χ2v) is 2.31. The summed E-state index contributed by atoms with van der Waals surface area (Å²) in [5.41, 5.74) is 0. The second-order valence-electron chi connectivity index (χ2n) is 1.45. The molecule has 1 aromatic rings. The lowest BCUT2D eigenvalue weighted by atomic mass is 10.6. The summed E-state index contributed by atoms with van der Waals surface area (Å²) in [7, 11) is 0. The first-order valence-electron chi connectivity index (χ1n) is 2.60. The van der Waals surface area contributed by atoms with E-state index in [2.05, 4.69) is 23.1 Å². The fourth-order valence-corrected chi connectivity index (χ4v) is 0.923. The fourth-order valence-electron chi connectivity index (χ4n) is 0.434. The molecule has 2 nitrogen and oxygen atoms in total. The number of thiazole rings is 1. The summed E-state index contributed by atoms with van der Waals surface area (Å²) in [6, 6.07) is 0. The molecule has 0 aliphatic heterocycles. The largest absolute Gasteiger partial charge is 0.358 e. The van der Waals surface area contributed by atoms with Gasteiger partial charge in [-0.15, -0.1) is 17.9 Å². The topological polar surface area (TPSA) is 24.9 Å². The van der Waals surface area contributed by atoms with E-state index in [1.165, 1.54) is 11.3 Å². The van der Waals surface area contributed by atoms with E-state index in [4.69, 9.17) is 0 Å². The lowest BCUT2D eigenvalue weighted by molar-refractivity contribution is 1.28. The molecule has 0 spiro atoms. The van der Waals surface area contributed by atoms with Crippen molar-refractivity contribution in [3.05, 3.63) is 24.2 Å². The molecule has 1 aromatic heterocycles. The molecule has 1 heterocycles. The Bertz CT molecular complexity index is 169. The first-order valence-corrected chi connectivity index (χ1v) is 3.48. The minimum Gasteiger partial charge on any atom is -0.358 e. The number of nitrogens with one attached hydrogen (secondary N) is 1. The third-order valence-electron chi connectivity index (χ3n) is 0.787. The number of hydrogen-bond acceptors (Lipinski definition) is 3. The number of rotatable bonds is 3. The Balaban J connectivity index is 2.38. The Kier molecular flexibility index (Phi) is 2.27. The molecule has 0 aliphatic carbocycles. The molecule has 0 saturated carbocycles. The average Bonchev–Trinajstić information content (AvgIpc) is 2.34. The molecule has 0 aromatic carbocycles. The van der Waals surface area contributed by atoms with Crippen LogP contribution in [0.3, 0.4) is 0 Å². The molecule has 0 saturated heterocycles. The highest BCUT2D eigenvalue weighted by Crippen LogP contribution is 2.08. The number of aromatic nitrogens is 1. The summed E-state index contributed by atoms with van der Waals surface area (Å²) in [6.45, 7) is 4.33. The van der Waals surface area contributed by atoms with Crippen molar-refractivity contribution in [1.82, 2.24) is 4.98 Å².